The molecule has 0 spiro atoms. The van der Waals surface area contributed by atoms with Gasteiger partial charge in [-0.1, -0.05) is 56.3 Å². The zero-order chi connectivity index (χ0) is 18.5. The van der Waals surface area contributed by atoms with Crippen LogP contribution in [0.25, 0.3) is 11.1 Å². The molecule has 3 aromatic rings. The Labute approximate surface area is 154 Å². The second kappa shape index (κ2) is 7.83. The second-order valence-electron chi connectivity index (χ2n) is 6.77. The van der Waals surface area contributed by atoms with E-state index in [4.69, 9.17) is 5.73 Å². The Bertz CT molecular complexity index is 887. The van der Waals surface area contributed by atoms with Crippen LogP contribution in [0.3, 0.4) is 0 Å². The molecule has 0 saturated heterocycles. The molecule has 0 saturated carbocycles. The molecule has 0 radical (unpaired) electrons. The van der Waals surface area contributed by atoms with E-state index in [0.29, 0.717) is 23.0 Å². The first kappa shape index (κ1) is 17.7. The maximum Gasteiger partial charge on any atom is 0.255 e. The van der Waals surface area contributed by atoms with Gasteiger partial charge in [-0.15, -0.1) is 0 Å². The van der Waals surface area contributed by atoms with Gasteiger partial charge in [0.1, 0.15) is 5.82 Å². The van der Waals surface area contributed by atoms with E-state index >= 15 is 0 Å². The number of nitrogens with two attached hydrogens (primary N) is 1. The minimum atomic E-state index is -0.195. The molecule has 4 nitrogen and oxygen atoms in total. The number of carbonyl (C=O) groups is 1. The molecule has 3 rings (SSSR count). The molecule has 0 atom stereocenters. The molecule has 4 heteroatoms. The first-order chi connectivity index (χ1) is 12.5. The Balaban J connectivity index is 1.78. The van der Waals surface area contributed by atoms with Crippen molar-refractivity contribution in [2.24, 2.45) is 5.92 Å². The van der Waals surface area contributed by atoms with Gasteiger partial charge in [-0.2, -0.15) is 0 Å². The molecule has 1 aromatic heterocycles. The fourth-order valence-corrected chi connectivity index (χ4v) is 2.82. The highest BCUT2D eigenvalue weighted by Gasteiger charge is 2.11. The van der Waals surface area contributed by atoms with Crippen LogP contribution in [0.4, 0.5) is 11.5 Å². The maximum atomic E-state index is 12.6. The van der Waals surface area contributed by atoms with E-state index < -0.39 is 0 Å². The number of aromatic nitrogens is 1. The number of pyridine rings is 1. The minimum Gasteiger partial charge on any atom is -0.382 e. The van der Waals surface area contributed by atoms with Crippen LogP contribution in [0, 0.1) is 5.92 Å². The monoisotopic (exact) mass is 345 g/mol. The van der Waals surface area contributed by atoms with Gasteiger partial charge in [0.05, 0.1) is 5.69 Å². The number of nitrogens with zero attached hydrogens (tertiary/aromatic N) is 1. The Morgan fingerprint density at radius 2 is 1.73 bits per heavy atom. The molecule has 0 unspecified atom stereocenters. The summed E-state index contributed by atoms with van der Waals surface area (Å²) >= 11 is 0. The van der Waals surface area contributed by atoms with Crippen molar-refractivity contribution < 1.29 is 4.79 Å². The highest BCUT2D eigenvalue weighted by Crippen LogP contribution is 2.25. The smallest absolute Gasteiger partial charge is 0.255 e. The van der Waals surface area contributed by atoms with E-state index in [9.17, 15) is 4.79 Å². The van der Waals surface area contributed by atoms with Gasteiger partial charge in [-0.3, -0.25) is 4.79 Å². The van der Waals surface area contributed by atoms with Gasteiger partial charge < -0.3 is 11.1 Å². The van der Waals surface area contributed by atoms with Crippen molar-refractivity contribution in [2.75, 3.05) is 11.1 Å². The number of carbonyl (C=O) groups excluding carboxylic acids is 1. The summed E-state index contributed by atoms with van der Waals surface area (Å²) in [6, 6.07) is 19.4. The quantitative estimate of drug-likeness (QED) is 0.699. The number of nitrogens with one attached hydrogen (secondary N) is 1. The lowest BCUT2D eigenvalue weighted by atomic mass is 10.0. The zero-order valence-corrected chi connectivity index (χ0v) is 15.1. The fraction of sp³-hybridized carbons (Fsp3) is 0.182. The predicted molar refractivity (Wildman–Crippen MR) is 107 cm³/mol. The highest BCUT2D eigenvalue weighted by atomic mass is 16.1. The fourth-order valence-electron chi connectivity index (χ4n) is 2.82. The van der Waals surface area contributed by atoms with Crippen molar-refractivity contribution in [3.63, 3.8) is 0 Å². The van der Waals surface area contributed by atoms with Gasteiger partial charge in [0, 0.05) is 17.3 Å². The lowest BCUT2D eigenvalue weighted by Gasteiger charge is -2.11. The number of rotatable bonds is 5. The van der Waals surface area contributed by atoms with Crippen molar-refractivity contribution in [3.8, 4) is 11.1 Å². The Kier molecular flexibility index (Phi) is 5.32. The highest BCUT2D eigenvalue weighted by molar-refractivity contribution is 6.05. The maximum absolute atomic E-state index is 12.6. The Morgan fingerprint density at radius 1 is 1.04 bits per heavy atom. The van der Waals surface area contributed by atoms with Gasteiger partial charge >= 0.3 is 0 Å². The summed E-state index contributed by atoms with van der Waals surface area (Å²) in [5, 5.41) is 2.87. The SMILES string of the molecule is CC(C)Cc1ccc(C(=O)Nc2cc(-c3ccccc3)cnc2N)cc1. The lowest BCUT2D eigenvalue weighted by Crippen LogP contribution is -2.14. The number of nitrogen functional groups attached to an aromatic ring is 1. The van der Waals surface area contributed by atoms with Crippen LogP contribution in [0.15, 0.2) is 66.9 Å². The summed E-state index contributed by atoms with van der Waals surface area (Å²) in [5.41, 5.74) is 10.2. The standard InChI is InChI=1S/C22H23N3O/c1-15(2)12-16-8-10-18(11-9-16)22(26)25-20-13-19(14-24-21(20)23)17-6-4-3-5-7-17/h3-11,13-15H,12H2,1-2H3,(H2,23,24)(H,25,26). The number of hydrogen-bond donors (Lipinski definition) is 2. The molecule has 0 aliphatic carbocycles. The van der Waals surface area contributed by atoms with Crippen LogP contribution in [0.2, 0.25) is 0 Å². The summed E-state index contributed by atoms with van der Waals surface area (Å²) in [5.74, 6) is 0.690. The van der Waals surface area contributed by atoms with Crippen molar-refractivity contribution in [3.05, 3.63) is 78.0 Å². The van der Waals surface area contributed by atoms with Crippen LogP contribution in [-0.4, -0.2) is 10.9 Å². The molecule has 1 heterocycles. The number of hydrogen-bond acceptors (Lipinski definition) is 3. The third-order valence-electron chi connectivity index (χ3n) is 4.13. The minimum absolute atomic E-state index is 0.195. The molecule has 132 valence electrons. The molecular weight excluding hydrogens is 322 g/mol. The largest absolute Gasteiger partial charge is 0.382 e. The third-order valence-corrected chi connectivity index (χ3v) is 4.13. The van der Waals surface area contributed by atoms with Crippen LogP contribution in [0.1, 0.15) is 29.8 Å². The Hall–Kier alpha value is -3.14. The van der Waals surface area contributed by atoms with Crippen LogP contribution in [-0.2, 0) is 6.42 Å². The summed E-state index contributed by atoms with van der Waals surface area (Å²) in [4.78, 5) is 16.8. The molecule has 26 heavy (non-hydrogen) atoms. The van der Waals surface area contributed by atoms with Crippen LogP contribution in [0.5, 0.6) is 0 Å². The normalized spacial score (nSPS) is 10.7. The second-order valence-corrected chi connectivity index (χ2v) is 6.77. The molecule has 0 fully saturated rings. The van der Waals surface area contributed by atoms with Crippen molar-refractivity contribution in [1.82, 2.24) is 4.98 Å². The van der Waals surface area contributed by atoms with E-state index in [2.05, 4.69) is 24.1 Å². The summed E-state index contributed by atoms with van der Waals surface area (Å²) in [6.07, 6.45) is 2.71. The van der Waals surface area contributed by atoms with Crippen LogP contribution >= 0.6 is 0 Å². The number of anilines is 2. The van der Waals surface area contributed by atoms with E-state index in [1.165, 1.54) is 5.56 Å². The third kappa shape index (κ3) is 4.28. The van der Waals surface area contributed by atoms with Gasteiger partial charge in [-0.05, 0) is 41.7 Å². The first-order valence-electron chi connectivity index (χ1n) is 8.74. The van der Waals surface area contributed by atoms with E-state index in [1.807, 2.05) is 60.7 Å². The molecule has 3 N–H and O–H groups in total. The number of benzene rings is 2. The topological polar surface area (TPSA) is 68.0 Å². The zero-order valence-electron chi connectivity index (χ0n) is 15.1. The number of amides is 1. The molecular formula is C22H23N3O. The van der Waals surface area contributed by atoms with E-state index in [0.717, 1.165) is 17.5 Å². The predicted octanol–water partition coefficient (Wildman–Crippen LogP) is 4.78. The molecule has 0 aliphatic rings. The van der Waals surface area contributed by atoms with Gasteiger partial charge in [-0.25, -0.2) is 4.98 Å². The summed E-state index contributed by atoms with van der Waals surface area (Å²) in [6.45, 7) is 4.35. The molecule has 0 aliphatic heterocycles. The lowest BCUT2D eigenvalue weighted by molar-refractivity contribution is 0.102. The summed E-state index contributed by atoms with van der Waals surface area (Å²) in [7, 11) is 0. The summed E-state index contributed by atoms with van der Waals surface area (Å²) < 4.78 is 0. The molecule has 2 aromatic carbocycles. The first-order valence-corrected chi connectivity index (χ1v) is 8.74. The van der Waals surface area contributed by atoms with E-state index in [-0.39, 0.29) is 5.91 Å². The van der Waals surface area contributed by atoms with Crippen molar-refractivity contribution >= 4 is 17.4 Å². The van der Waals surface area contributed by atoms with Gasteiger partial charge in [0.25, 0.3) is 5.91 Å². The average molecular weight is 345 g/mol. The molecule has 1 amide bonds. The molecule has 0 bridgehead atoms. The van der Waals surface area contributed by atoms with Gasteiger partial charge in [0.15, 0.2) is 0 Å². The Morgan fingerprint density at radius 3 is 2.38 bits per heavy atom. The van der Waals surface area contributed by atoms with Crippen LogP contribution < -0.4 is 11.1 Å². The average Bonchev–Trinajstić information content (AvgIpc) is 2.64. The van der Waals surface area contributed by atoms with Gasteiger partial charge in [0.2, 0.25) is 0 Å². The van der Waals surface area contributed by atoms with E-state index in [1.54, 1.807) is 6.20 Å². The van der Waals surface area contributed by atoms with Crippen molar-refractivity contribution in [1.29, 1.82) is 0 Å². The van der Waals surface area contributed by atoms with Crippen molar-refractivity contribution in [2.45, 2.75) is 20.3 Å².